The first kappa shape index (κ1) is 26.5. The zero-order chi connectivity index (χ0) is 26.3. The molecule has 0 aliphatic heterocycles. The Labute approximate surface area is 208 Å². The first-order valence-corrected chi connectivity index (χ1v) is 10.7. The number of rotatable bonds is 9. The van der Waals surface area contributed by atoms with Crippen molar-refractivity contribution in [2.45, 2.75) is 19.2 Å². The maximum absolute atomic E-state index is 12.8. The molecule has 12 heteroatoms. The highest BCUT2D eigenvalue weighted by atomic mass is 35.5. The van der Waals surface area contributed by atoms with Crippen LogP contribution in [0.3, 0.4) is 0 Å². The first-order chi connectivity index (χ1) is 17.1. The fourth-order valence-electron chi connectivity index (χ4n) is 3.13. The number of nitrogens with one attached hydrogen (secondary N) is 1. The van der Waals surface area contributed by atoms with Crippen LogP contribution in [-0.2, 0) is 24.0 Å². The van der Waals surface area contributed by atoms with Gasteiger partial charge in [-0.1, -0.05) is 41.9 Å². The molecule has 3 rings (SSSR count). The Balaban J connectivity index is 1.64. The lowest BCUT2D eigenvalue weighted by Gasteiger charge is -2.13. The lowest BCUT2D eigenvalue weighted by molar-refractivity contribution is -0.384. The Bertz CT molecular complexity index is 1300. The average molecular weight is 522 g/mol. The summed E-state index contributed by atoms with van der Waals surface area (Å²) in [5.74, 6) is -0.151. The summed E-state index contributed by atoms with van der Waals surface area (Å²) in [4.78, 5) is 22.5. The lowest BCUT2D eigenvalue weighted by Crippen LogP contribution is -2.20. The van der Waals surface area contributed by atoms with Crippen molar-refractivity contribution in [2.24, 2.45) is 5.10 Å². The number of amides is 1. The van der Waals surface area contributed by atoms with E-state index in [1.54, 1.807) is 6.07 Å². The van der Waals surface area contributed by atoms with Crippen molar-refractivity contribution in [2.75, 3.05) is 7.11 Å². The smallest absolute Gasteiger partial charge is 0.416 e. The number of nitrogens with zero attached hydrogens (tertiary/aromatic N) is 2. The maximum atomic E-state index is 12.8. The van der Waals surface area contributed by atoms with Gasteiger partial charge in [0, 0.05) is 12.1 Å². The van der Waals surface area contributed by atoms with Gasteiger partial charge in [-0.3, -0.25) is 14.9 Å². The fraction of sp³-hybridized carbons (Fsp3) is 0.167. The van der Waals surface area contributed by atoms with E-state index in [4.69, 9.17) is 21.1 Å². The molecule has 0 aromatic heterocycles. The third-order valence-corrected chi connectivity index (χ3v) is 5.06. The Hall–Kier alpha value is -4.12. The van der Waals surface area contributed by atoms with Crippen LogP contribution in [-0.4, -0.2) is 24.2 Å². The molecule has 8 nitrogen and oxygen atoms in total. The van der Waals surface area contributed by atoms with Crippen LogP contribution in [0.2, 0.25) is 5.02 Å². The van der Waals surface area contributed by atoms with Gasteiger partial charge in [-0.15, -0.1) is 0 Å². The number of ether oxygens (including phenoxy) is 2. The predicted molar refractivity (Wildman–Crippen MR) is 126 cm³/mol. The molecule has 0 saturated carbocycles. The molecule has 0 spiro atoms. The third kappa shape index (κ3) is 7.19. The van der Waals surface area contributed by atoms with E-state index in [0.717, 1.165) is 12.1 Å². The molecule has 3 aromatic rings. The second kappa shape index (κ2) is 11.5. The zero-order valence-electron chi connectivity index (χ0n) is 18.7. The summed E-state index contributed by atoms with van der Waals surface area (Å²) >= 11 is 6.31. The standard InChI is InChI=1S/C24H19ClF3N3O5/c1-35-21-11-17(10-20(25)23(21)36-14-16-5-3-7-19(9-16)31(33)34)13-29-30-22(32)12-15-4-2-6-18(8-15)24(26,27)28/h2-11,13H,12,14H2,1H3,(H,30,32)/b29-13+. The molecule has 0 fully saturated rings. The summed E-state index contributed by atoms with van der Waals surface area (Å²) in [6, 6.07) is 13.4. The number of non-ortho nitro benzene ring substituents is 1. The van der Waals surface area contributed by atoms with E-state index in [1.165, 1.54) is 55.8 Å². The topological polar surface area (TPSA) is 103 Å². The highest BCUT2D eigenvalue weighted by Gasteiger charge is 2.30. The van der Waals surface area contributed by atoms with Gasteiger partial charge in [0.15, 0.2) is 11.5 Å². The minimum atomic E-state index is -4.50. The summed E-state index contributed by atoms with van der Waals surface area (Å²) in [6.07, 6.45) is -3.52. The number of methoxy groups -OCH3 is 1. The third-order valence-electron chi connectivity index (χ3n) is 4.78. The van der Waals surface area contributed by atoms with Crippen LogP contribution in [0.15, 0.2) is 65.8 Å². The predicted octanol–water partition coefficient (Wildman–Crippen LogP) is 5.55. The number of carbonyl (C=O) groups is 1. The zero-order valence-corrected chi connectivity index (χ0v) is 19.5. The molecule has 0 radical (unpaired) electrons. The van der Waals surface area contributed by atoms with E-state index in [0.29, 0.717) is 11.1 Å². The molecule has 3 aromatic carbocycles. The maximum Gasteiger partial charge on any atom is 0.416 e. The molecule has 1 amide bonds. The normalized spacial score (nSPS) is 11.4. The number of nitro benzene ring substituents is 1. The molecule has 36 heavy (non-hydrogen) atoms. The summed E-state index contributed by atoms with van der Waals surface area (Å²) in [5, 5.41) is 14.9. The summed E-state index contributed by atoms with van der Waals surface area (Å²) in [5.41, 5.74) is 2.52. The van der Waals surface area contributed by atoms with Crippen LogP contribution in [0.5, 0.6) is 11.5 Å². The molecule has 0 atom stereocenters. The minimum Gasteiger partial charge on any atom is -0.493 e. The average Bonchev–Trinajstić information content (AvgIpc) is 2.83. The SMILES string of the molecule is COc1cc(/C=N/NC(=O)Cc2cccc(C(F)(F)F)c2)cc(Cl)c1OCc1cccc([N+](=O)[O-])c1. The van der Waals surface area contributed by atoms with Gasteiger partial charge in [0.05, 0.1) is 35.3 Å². The van der Waals surface area contributed by atoms with E-state index in [2.05, 4.69) is 10.5 Å². The second-order valence-electron chi connectivity index (χ2n) is 7.42. The minimum absolute atomic E-state index is 0.00318. The van der Waals surface area contributed by atoms with Crippen molar-refractivity contribution in [1.82, 2.24) is 5.43 Å². The summed E-state index contributed by atoms with van der Waals surface area (Å²) in [6.45, 7) is -0.00318. The molecular formula is C24H19ClF3N3O5. The molecule has 0 aliphatic rings. The van der Waals surface area contributed by atoms with E-state index in [1.807, 2.05) is 0 Å². The van der Waals surface area contributed by atoms with Gasteiger partial charge in [0.1, 0.15) is 6.61 Å². The fourth-order valence-corrected chi connectivity index (χ4v) is 3.40. The van der Waals surface area contributed by atoms with Crippen LogP contribution in [0, 0.1) is 10.1 Å². The number of nitro groups is 1. The van der Waals surface area contributed by atoms with E-state index in [9.17, 15) is 28.1 Å². The Kier molecular flexibility index (Phi) is 8.49. The summed E-state index contributed by atoms with van der Waals surface area (Å²) in [7, 11) is 1.39. The summed E-state index contributed by atoms with van der Waals surface area (Å²) < 4.78 is 49.5. The number of benzene rings is 3. The van der Waals surface area contributed by atoms with E-state index >= 15 is 0 Å². The van der Waals surface area contributed by atoms with Gasteiger partial charge >= 0.3 is 6.18 Å². The van der Waals surface area contributed by atoms with E-state index in [-0.39, 0.29) is 40.8 Å². The van der Waals surface area contributed by atoms with Crippen molar-refractivity contribution in [3.8, 4) is 11.5 Å². The monoisotopic (exact) mass is 521 g/mol. The van der Waals surface area contributed by atoms with Gasteiger partial charge < -0.3 is 9.47 Å². The second-order valence-corrected chi connectivity index (χ2v) is 7.83. The van der Waals surface area contributed by atoms with Gasteiger partial charge in [-0.05, 0) is 34.9 Å². The number of hydrazone groups is 1. The van der Waals surface area contributed by atoms with Crippen LogP contribution in [0.25, 0.3) is 0 Å². The van der Waals surface area contributed by atoms with Crippen molar-refractivity contribution < 1.29 is 32.4 Å². The Morgan fingerprint density at radius 1 is 1.14 bits per heavy atom. The molecule has 1 N–H and O–H groups in total. The largest absolute Gasteiger partial charge is 0.493 e. The van der Waals surface area contributed by atoms with Crippen molar-refractivity contribution >= 4 is 29.4 Å². The van der Waals surface area contributed by atoms with Crippen molar-refractivity contribution in [3.05, 3.63) is 98.1 Å². The van der Waals surface area contributed by atoms with Crippen LogP contribution in [0.1, 0.15) is 22.3 Å². The molecule has 0 unspecified atom stereocenters. The van der Waals surface area contributed by atoms with Crippen LogP contribution in [0.4, 0.5) is 18.9 Å². The number of alkyl halides is 3. The molecule has 188 valence electrons. The highest BCUT2D eigenvalue weighted by Crippen LogP contribution is 2.36. The Morgan fingerprint density at radius 2 is 1.86 bits per heavy atom. The van der Waals surface area contributed by atoms with Crippen LogP contribution >= 0.6 is 11.6 Å². The van der Waals surface area contributed by atoms with E-state index < -0.39 is 22.6 Å². The molecule has 0 saturated heterocycles. The van der Waals surface area contributed by atoms with Crippen molar-refractivity contribution in [1.29, 1.82) is 0 Å². The highest BCUT2D eigenvalue weighted by molar-refractivity contribution is 6.32. The molecule has 0 bridgehead atoms. The van der Waals surface area contributed by atoms with Crippen molar-refractivity contribution in [3.63, 3.8) is 0 Å². The van der Waals surface area contributed by atoms with Crippen LogP contribution < -0.4 is 14.9 Å². The van der Waals surface area contributed by atoms with Gasteiger partial charge in [-0.2, -0.15) is 18.3 Å². The number of hydrogen-bond donors (Lipinski definition) is 1. The molecular weight excluding hydrogens is 503 g/mol. The quantitative estimate of drug-likeness (QED) is 0.226. The van der Waals surface area contributed by atoms with Gasteiger partial charge in [0.25, 0.3) is 5.69 Å². The number of carbonyl (C=O) groups excluding carboxylic acids is 1. The van der Waals surface area contributed by atoms with Gasteiger partial charge in [0.2, 0.25) is 5.91 Å². The Morgan fingerprint density at radius 3 is 2.56 bits per heavy atom. The van der Waals surface area contributed by atoms with Gasteiger partial charge in [-0.25, -0.2) is 5.43 Å². The molecule has 0 aliphatic carbocycles. The first-order valence-electron chi connectivity index (χ1n) is 10.3. The molecule has 0 heterocycles. The number of halogens is 4. The number of hydrogen-bond acceptors (Lipinski definition) is 6. The lowest BCUT2D eigenvalue weighted by atomic mass is 10.1.